The molecule has 0 saturated carbocycles. The maximum Gasteiger partial charge on any atom is 0.166 e. The van der Waals surface area contributed by atoms with Crippen molar-refractivity contribution in [1.29, 1.82) is 0 Å². The van der Waals surface area contributed by atoms with Crippen molar-refractivity contribution >= 4 is 11.5 Å². The summed E-state index contributed by atoms with van der Waals surface area (Å²) in [5.74, 6) is 9.56. The second kappa shape index (κ2) is 5.94. The largest absolute Gasteiger partial charge is 0.493 e. The monoisotopic (exact) mass is 297 g/mol. The number of nitrogens with one attached hydrogen (secondary N) is 1. The molecular formula is C17H21N4O+. The summed E-state index contributed by atoms with van der Waals surface area (Å²) in [7, 11) is 1.58. The summed E-state index contributed by atoms with van der Waals surface area (Å²) in [6.07, 6.45) is 6.14. The van der Waals surface area contributed by atoms with Gasteiger partial charge >= 0.3 is 0 Å². The Kier molecular flexibility index (Phi) is 4.00. The van der Waals surface area contributed by atoms with E-state index in [1.54, 1.807) is 13.3 Å². The number of pyridine rings is 1. The average Bonchev–Trinajstić information content (AvgIpc) is 2.56. The van der Waals surface area contributed by atoms with E-state index in [0.717, 1.165) is 42.7 Å². The van der Waals surface area contributed by atoms with Crippen LogP contribution in [0.1, 0.15) is 12.8 Å². The normalized spacial score (nSPS) is 17.2. The van der Waals surface area contributed by atoms with Crippen molar-refractivity contribution in [2.45, 2.75) is 12.8 Å². The molecule has 3 N–H and O–H groups in total. The van der Waals surface area contributed by atoms with E-state index in [1.807, 2.05) is 30.3 Å². The Bertz CT molecular complexity index is 648. The molecule has 3 rings (SSSR count). The minimum atomic E-state index is 0.240. The Hall–Kier alpha value is -2.11. The van der Waals surface area contributed by atoms with Gasteiger partial charge in [-0.05, 0) is 42.4 Å². The topological polar surface area (TPSA) is 71.9 Å². The van der Waals surface area contributed by atoms with Gasteiger partial charge in [-0.1, -0.05) is 0 Å². The zero-order valence-electron chi connectivity index (χ0n) is 12.7. The summed E-state index contributed by atoms with van der Waals surface area (Å²) in [4.78, 5) is 4.16. The summed E-state index contributed by atoms with van der Waals surface area (Å²) >= 11 is 0. The number of hydrogen-bond acceptors (Lipinski definition) is 3. The first-order chi connectivity index (χ1) is 10.6. The van der Waals surface area contributed by atoms with Crippen LogP contribution in [0.5, 0.6) is 5.75 Å². The van der Waals surface area contributed by atoms with Crippen LogP contribution in [0.3, 0.4) is 0 Å². The zero-order valence-corrected chi connectivity index (χ0v) is 12.7. The van der Waals surface area contributed by atoms with Crippen LogP contribution in [-0.4, -0.2) is 25.2 Å². The van der Waals surface area contributed by atoms with E-state index in [2.05, 4.69) is 11.4 Å². The quantitative estimate of drug-likeness (QED) is 0.885. The number of benzene rings is 1. The number of nitrogen functional groups attached to an aromatic ring is 1. The summed E-state index contributed by atoms with van der Waals surface area (Å²) in [6, 6.07) is 10.0. The summed E-state index contributed by atoms with van der Waals surface area (Å²) in [5, 5.41) is 0. The van der Waals surface area contributed by atoms with E-state index in [4.69, 9.17) is 16.3 Å². The fourth-order valence-corrected chi connectivity index (χ4v) is 2.86. The smallest absolute Gasteiger partial charge is 0.166 e. The van der Waals surface area contributed by atoms with Crippen LogP contribution in [0.4, 0.5) is 11.5 Å². The Balaban J connectivity index is 1.88. The average molecular weight is 297 g/mol. The number of rotatable bonds is 3. The van der Waals surface area contributed by atoms with Gasteiger partial charge in [-0.15, -0.1) is 0 Å². The lowest BCUT2D eigenvalue weighted by molar-refractivity contribution is 0.254. The molecule has 114 valence electrons. The van der Waals surface area contributed by atoms with Gasteiger partial charge in [0, 0.05) is 30.3 Å². The third-order valence-corrected chi connectivity index (χ3v) is 4.19. The molecule has 0 bridgehead atoms. The maximum absolute atomic E-state index is 8.59. The number of quaternary nitrogens is 1. The number of hydrogen-bond donors (Lipinski definition) is 1. The SMILES string of the molecule is COc1cc(-c2ccc([N+]3([NH])C[CH]CCC3)cc2)cnc1N. The van der Waals surface area contributed by atoms with E-state index >= 15 is 0 Å². The summed E-state index contributed by atoms with van der Waals surface area (Å²) < 4.78 is 5.46. The fraction of sp³-hybridized carbons (Fsp3) is 0.294. The molecule has 1 saturated heterocycles. The predicted molar refractivity (Wildman–Crippen MR) is 88.8 cm³/mol. The highest BCUT2D eigenvalue weighted by molar-refractivity contribution is 5.68. The molecule has 0 amide bonds. The van der Waals surface area contributed by atoms with Crippen LogP contribution in [0.15, 0.2) is 36.5 Å². The predicted octanol–water partition coefficient (Wildman–Crippen LogP) is 2.84. The fourth-order valence-electron chi connectivity index (χ4n) is 2.86. The molecule has 2 aromatic rings. The first-order valence-corrected chi connectivity index (χ1v) is 7.47. The van der Waals surface area contributed by atoms with Crippen LogP contribution in [0.2, 0.25) is 0 Å². The molecule has 1 unspecified atom stereocenters. The number of nitrogens with two attached hydrogens (primary N) is 1. The van der Waals surface area contributed by atoms with Crippen molar-refractivity contribution in [3.8, 4) is 16.9 Å². The van der Waals surface area contributed by atoms with E-state index in [0.29, 0.717) is 11.6 Å². The highest BCUT2D eigenvalue weighted by atomic mass is 16.5. The Morgan fingerprint density at radius 2 is 2.00 bits per heavy atom. The van der Waals surface area contributed by atoms with Gasteiger partial charge in [-0.25, -0.2) is 4.98 Å². The van der Waals surface area contributed by atoms with Gasteiger partial charge in [0.15, 0.2) is 17.3 Å². The molecular weight excluding hydrogens is 276 g/mol. The van der Waals surface area contributed by atoms with Crippen molar-refractivity contribution in [3.05, 3.63) is 42.9 Å². The van der Waals surface area contributed by atoms with Crippen LogP contribution in [0, 0.1) is 6.42 Å². The van der Waals surface area contributed by atoms with E-state index in [9.17, 15) is 0 Å². The van der Waals surface area contributed by atoms with E-state index in [1.165, 1.54) is 0 Å². The minimum Gasteiger partial charge on any atom is -0.493 e. The first kappa shape index (κ1) is 14.8. The number of ether oxygens (including phenoxy) is 1. The molecule has 22 heavy (non-hydrogen) atoms. The molecule has 1 fully saturated rings. The number of piperidine rings is 1. The lowest BCUT2D eigenvalue weighted by atomic mass is 10.0. The van der Waals surface area contributed by atoms with Crippen LogP contribution >= 0.6 is 0 Å². The molecule has 0 spiro atoms. The highest BCUT2D eigenvalue weighted by Gasteiger charge is 2.30. The lowest BCUT2D eigenvalue weighted by Crippen LogP contribution is -2.51. The Labute approximate surface area is 131 Å². The van der Waals surface area contributed by atoms with Crippen LogP contribution < -0.4 is 20.9 Å². The van der Waals surface area contributed by atoms with Gasteiger partial charge < -0.3 is 10.5 Å². The summed E-state index contributed by atoms with van der Waals surface area (Å²) in [6.45, 7) is 1.64. The van der Waals surface area contributed by atoms with Gasteiger partial charge in [0.1, 0.15) is 13.1 Å². The van der Waals surface area contributed by atoms with Crippen molar-refractivity contribution in [1.82, 2.24) is 15.4 Å². The molecule has 2 heterocycles. The minimum absolute atomic E-state index is 0.240. The lowest BCUT2D eigenvalue weighted by Gasteiger charge is -2.33. The number of anilines is 1. The molecule has 5 nitrogen and oxygen atoms in total. The van der Waals surface area contributed by atoms with Crippen LogP contribution in [0.25, 0.3) is 11.1 Å². The number of nitrogens with zero attached hydrogens (tertiary/aromatic N) is 2. The van der Waals surface area contributed by atoms with Crippen molar-refractivity contribution < 1.29 is 4.74 Å². The highest BCUT2D eigenvalue weighted by Crippen LogP contribution is 2.30. The second-order valence-electron chi connectivity index (χ2n) is 5.66. The van der Waals surface area contributed by atoms with Gasteiger partial charge in [-0.3, -0.25) is 0 Å². The molecule has 5 heteroatoms. The molecule has 1 atom stereocenters. The standard InChI is InChI=1S/C17H21N4O/c1-22-16-11-14(12-20-17(16)18)13-5-7-15(8-6-13)21(19)9-3-2-4-10-21/h3,5-8,11-12,19H,2,4,9-10H2,1H3,(H2,18,20)/q+1. The molecule has 1 aromatic carbocycles. The Morgan fingerprint density at radius 1 is 1.23 bits per heavy atom. The van der Waals surface area contributed by atoms with Gasteiger partial charge in [0.25, 0.3) is 0 Å². The van der Waals surface area contributed by atoms with Crippen LogP contribution in [-0.2, 0) is 0 Å². The third kappa shape index (κ3) is 2.77. The third-order valence-electron chi connectivity index (χ3n) is 4.19. The van der Waals surface area contributed by atoms with E-state index < -0.39 is 0 Å². The molecule has 1 aliphatic heterocycles. The van der Waals surface area contributed by atoms with Crippen molar-refractivity contribution in [2.24, 2.45) is 0 Å². The van der Waals surface area contributed by atoms with Crippen molar-refractivity contribution in [3.63, 3.8) is 0 Å². The van der Waals surface area contributed by atoms with Crippen molar-refractivity contribution in [2.75, 3.05) is 25.9 Å². The van der Waals surface area contributed by atoms with E-state index in [-0.39, 0.29) is 4.59 Å². The Morgan fingerprint density at radius 3 is 2.64 bits per heavy atom. The number of methoxy groups -OCH3 is 1. The molecule has 0 aliphatic carbocycles. The summed E-state index contributed by atoms with van der Waals surface area (Å²) in [5.41, 5.74) is 8.77. The first-order valence-electron chi connectivity index (χ1n) is 7.47. The van der Waals surface area contributed by atoms with Gasteiger partial charge in [-0.2, -0.15) is 4.59 Å². The van der Waals surface area contributed by atoms with Gasteiger partial charge in [0.05, 0.1) is 7.11 Å². The van der Waals surface area contributed by atoms with Gasteiger partial charge in [0.2, 0.25) is 0 Å². The maximum atomic E-state index is 8.59. The molecule has 1 aromatic heterocycles. The molecule has 1 aliphatic rings. The second-order valence-corrected chi connectivity index (χ2v) is 5.66. The zero-order chi connectivity index (χ0) is 15.6. The number of aromatic nitrogens is 1. The molecule has 2 radical (unpaired) electrons.